The predicted octanol–water partition coefficient (Wildman–Crippen LogP) is 3.48. The first kappa shape index (κ1) is 18.2. The fourth-order valence-corrected chi connectivity index (χ4v) is 2.40. The zero-order chi connectivity index (χ0) is 17.7. The summed E-state index contributed by atoms with van der Waals surface area (Å²) in [5.41, 5.74) is 0.330. The van der Waals surface area contributed by atoms with Gasteiger partial charge in [0, 0.05) is 11.1 Å². The van der Waals surface area contributed by atoms with E-state index in [4.69, 9.17) is 4.74 Å². The largest absolute Gasteiger partial charge is 0.374 e. The number of benzene rings is 1. The van der Waals surface area contributed by atoms with Gasteiger partial charge in [-0.05, 0) is 25.7 Å². The fourth-order valence-electron chi connectivity index (χ4n) is 2.02. The molecular formula is C17H18FN3O2S. The number of rotatable bonds is 6. The molecule has 1 aromatic carbocycles. The molecule has 1 N–H and O–H groups in total. The summed E-state index contributed by atoms with van der Waals surface area (Å²) in [4.78, 5) is 18.7. The van der Waals surface area contributed by atoms with Gasteiger partial charge in [-0.2, -0.15) is 5.26 Å². The molecule has 0 fully saturated rings. The van der Waals surface area contributed by atoms with Crippen LogP contribution in [0.15, 0.2) is 28.2 Å². The normalized spacial score (nSPS) is 12.0. The van der Waals surface area contributed by atoms with Gasteiger partial charge in [-0.1, -0.05) is 30.8 Å². The SMILES string of the molecule is CCC(C)OCc1ccc(-c2nc(SC)[nH]c(=O)c2C#N)cc1F. The van der Waals surface area contributed by atoms with E-state index in [-0.39, 0.29) is 24.0 Å². The lowest BCUT2D eigenvalue weighted by Gasteiger charge is -2.12. The Morgan fingerprint density at radius 1 is 1.50 bits per heavy atom. The van der Waals surface area contributed by atoms with Crippen LogP contribution in [0.3, 0.4) is 0 Å². The summed E-state index contributed by atoms with van der Waals surface area (Å²) in [5.74, 6) is -0.451. The van der Waals surface area contributed by atoms with Crippen LogP contribution >= 0.6 is 11.8 Å². The molecule has 2 aromatic rings. The van der Waals surface area contributed by atoms with Gasteiger partial charge in [0.15, 0.2) is 5.16 Å². The number of aromatic nitrogens is 2. The molecule has 0 aliphatic heterocycles. The third-order valence-corrected chi connectivity index (χ3v) is 4.21. The van der Waals surface area contributed by atoms with Gasteiger partial charge < -0.3 is 9.72 Å². The van der Waals surface area contributed by atoms with Crippen molar-refractivity contribution in [1.29, 1.82) is 5.26 Å². The molecule has 0 saturated heterocycles. The Morgan fingerprint density at radius 2 is 2.25 bits per heavy atom. The maximum atomic E-state index is 14.3. The van der Waals surface area contributed by atoms with Gasteiger partial charge in [-0.3, -0.25) is 4.79 Å². The number of nitriles is 1. The molecule has 1 aromatic heterocycles. The van der Waals surface area contributed by atoms with E-state index < -0.39 is 11.4 Å². The van der Waals surface area contributed by atoms with Crippen LogP contribution in [0.25, 0.3) is 11.3 Å². The molecule has 0 aliphatic rings. The number of hydrogen-bond acceptors (Lipinski definition) is 5. The van der Waals surface area contributed by atoms with E-state index in [1.807, 2.05) is 19.9 Å². The topological polar surface area (TPSA) is 78.8 Å². The van der Waals surface area contributed by atoms with Crippen molar-refractivity contribution >= 4 is 11.8 Å². The number of nitrogens with one attached hydrogen (secondary N) is 1. The Bertz CT molecular complexity index is 830. The maximum absolute atomic E-state index is 14.3. The van der Waals surface area contributed by atoms with Crippen LogP contribution in [0.2, 0.25) is 0 Å². The van der Waals surface area contributed by atoms with Gasteiger partial charge in [0.2, 0.25) is 0 Å². The summed E-state index contributed by atoms with van der Waals surface area (Å²) in [7, 11) is 0. The van der Waals surface area contributed by atoms with Crippen LogP contribution in [-0.2, 0) is 11.3 Å². The Hall–Kier alpha value is -2.17. The molecule has 7 heteroatoms. The number of H-pyrrole nitrogens is 1. The van der Waals surface area contributed by atoms with Crippen LogP contribution < -0.4 is 5.56 Å². The molecule has 2 rings (SSSR count). The van der Waals surface area contributed by atoms with Gasteiger partial charge in [0.1, 0.15) is 17.4 Å². The quantitative estimate of drug-likeness (QED) is 0.639. The minimum absolute atomic E-state index is 0.0488. The van der Waals surface area contributed by atoms with Crippen LogP contribution in [0.5, 0.6) is 0 Å². The van der Waals surface area contributed by atoms with Gasteiger partial charge in [-0.25, -0.2) is 9.37 Å². The highest BCUT2D eigenvalue weighted by Gasteiger charge is 2.15. The Balaban J connectivity index is 2.41. The van der Waals surface area contributed by atoms with E-state index in [2.05, 4.69) is 9.97 Å². The Kier molecular flexibility index (Phi) is 6.12. The first-order valence-corrected chi connectivity index (χ1v) is 8.71. The Labute approximate surface area is 143 Å². The fraction of sp³-hybridized carbons (Fsp3) is 0.353. The third-order valence-electron chi connectivity index (χ3n) is 3.63. The van der Waals surface area contributed by atoms with Crippen LogP contribution in [0.4, 0.5) is 4.39 Å². The predicted molar refractivity (Wildman–Crippen MR) is 91.3 cm³/mol. The molecule has 0 amide bonds. The van der Waals surface area contributed by atoms with Crippen molar-refractivity contribution in [2.75, 3.05) is 6.26 Å². The lowest BCUT2D eigenvalue weighted by Crippen LogP contribution is -2.14. The summed E-state index contributed by atoms with van der Waals surface area (Å²) >= 11 is 1.24. The monoisotopic (exact) mass is 347 g/mol. The van der Waals surface area contributed by atoms with Gasteiger partial charge >= 0.3 is 0 Å². The maximum Gasteiger partial charge on any atom is 0.270 e. The molecule has 0 saturated carbocycles. The molecular weight excluding hydrogens is 329 g/mol. The van der Waals surface area contributed by atoms with Crippen LogP contribution in [0, 0.1) is 17.1 Å². The molecule has 0 aliphatic carbocycles. The first-order valence-electron chi connectivity index (χ1n) is 7.48. The van der Waals surface area contributed by atoms with Crippen molar-refractivity contribution in [3.8, 4) is 17.3 Å². The van der Waals surface area contributed by atoms with Crippen LogP contribution in [-0.4, -0.2) is 22.3 Å². The lowest BCUT2D eigenvalue weighted by molar-refractivity contribution is 0.0492. The number of thioether (sulfide) groups is 1. The number of halogens is 1. The second-order valence-electron chi connectivity index (χ2n) is 5.25. The lowest BCUT2D eigenvalue weighted by atomic mass is 10.1. The van der Waals surface area contributed by atoms with E-state index in [9.17, 15) is 14.4 Å². The molecule has 5 nitrogen and oxygen atoms in total. The number of aromatic amines is 1. The second-order valence-corrected chi connectivity index (χ2v) is 6.04. The zero-order valence-electron chi connectivity index (χ0n) is 13.7. The van der Waals surface area contributed by atoms with Gasteiger partial charge in [0.25, 0.3) is 5.56 Å². The smallest absolute Gasteiger partial charge is 0.270 e. The highest BCUT2D eigenvalue weighted by molar-refractivity contribution is 7.98. The molecule has 24 heavy (non-hydrogen) atoms. The molecule has 0 spiro atoms. The summed E-state index contributed by atoms with van der Waals surface area (Å²) in [6.07, 6.45) is 2.65. The average molecular weight is 347 g/mol. The molecule has 126 valence electrons. The third kappa shape index (κ3) is 4.02. The molecule has 1 unspecified atom stereocenters. The van der Waals surface area contributed by atoms with E-state index in [1.54, 1.807) is 18.4 Å². The summed E-state index contributed by atoms with van der Waals surface area (Å²) < 4.78 is 19.9. The molecule has 0 radical (unpaired) electrons. The van der Waals surface area contributed by atoms with Crippen molar-refractivity contribution < 1.29 is 9.13 Å². The highest BCUT2D eigenvalue weighted by atomic mass is 32.2. The van der Waals surface area contributed by atoms with E-state index in [0.717, 1.165) is 6.42 Å². The standard InChI is InChI=1S/C17H18FN3O2S/c1-4-10(2)23-9-12-6-5-11(7-14(12)18)15-13(8-19)16(22)21-17(20-15)24-3/h5-7,10H,4,9H2,1-3H3,(H,20,21,22). The highest BCUT2D eigenvalue weighted by Crippen LogP contribution is 2.24. The first-order chi connectivity index (χ1) is 11.5. The van der Waals surface area contributed by atoms with Crippen molar-refractivity contribution in [3.63, 3.8) is 0 Å². The summed E-state index contributed by atoms with van der Waals surface area (Å²) in [5, 5.41) is 9.56. The second kappa shape index (κ2) is 8.08. The number of ether oxygens (including phenoxy) is 1. The Morgan fingerprint density at radius 3 is 2.83 bits per heavy atom. The number of nitrogens with zero attached hydrogens (tertiary/aromatic N) is 2. The van der Waals surface area contributed by atoms with E-state index in [0.29, 0.717) is 16.3 Å². The molecule has 1 atom stereocenters. The van der Waals surface area contributed by atoms with E-state index in [1.165, 1.54) is 17.8 Å². The van der Waals surface area contributed by atoms with Gasteiger partial charge in [-0.15, -0.1) is 0 Å². The van der Waals surface area contributed by atoms with E-state index >= 15 is 0 Å². The van der Waals surface area contributed by atoms with Crippen molar-refractivity contribution in [2.24, 2.45) is 0 Å². The average Bonchev–Trinajstić information content (AvgIpc) is 2.59. The summed E-state index contributed by atoms with van der Waals surface area (Å²) in [6.45, 7) is 4.09. The minimum atomic E-state index is -0.531. The summed E-state index contributed by atoms with van der Waals surface area (Å²) in [6, 6.07) is 6.35. The van der Waals surface area contributed by atoms with Crippen molar-refractivity contribution in [3.05, 3.63) is 45.5 Å². The van der Waals surface area contributed by atoms with Crippen molar-refractivity contribution in [2.45, 2.75) is 38.1 Å². The molecule has 1 heterocycles. The van der Waals surface area contributed by atoms with Gasteiger partial charge in [0.05, 0.1) is 18.4 Å². The molecule has 0 bridgehead atoms. The van der Waals surface area contributed by atoms with Crippen molar-refractivity contribution in [1.82, 2.24) is 9.97 Å². The van der Waals surface area contributed by atoms with Crippen LogP contribution in [0.1, 0.15) is 31.4 Å². The zero-order valence-corrected chi connectivity index (χ0v) is 14.5. The minimum Gasteiger partial charge on any atom is -0.374 e. The number of hydrogen-bond donors (Lipinski definition) is 1.